The Labute approximate surface area is 134 Å². The Balaban J connectivity index is 1.74. The molecule has 0 saturated carbocycles. The first-order valence-electron chi connectivity index (χ1n) is 7.78. The molecule has 0 radical (unpaired) electrons. The molecule has 2 amide bonds. The summed E-state index contributed by atoms with van der Waals surface area (Å²) in [5.74, 6) is 0.353. The molecule has 2 saturated heterocycles. The predicted octanol–water partition coefficient (Wildman–Crippen LogP) is 1.99. The second-order valence-electron chi connectivity index (χ2n) is 6.16. The number of thiophene rings is 1. The van der Waals surface area contributed by atoms with Gasteiger partial charge in [-0.2, -0.15) is 11.3 Å². The number of hydrogen-bond donors (Lipinski definition) is 0. The van der Waals surface area contributed by atoms with Crippen molar-refractivity contribution < 1.29 is 14.3 Å². The molecule has 0 aromatic carbocycles. The normalized spacial score (nSPS) is 28.1. The number of ether oxygens (including phenoxy) is 1. The Morgan fingerprint density at radius 1 is 1.55 bits per heavy atom. The number of hydrogen-bond acceptors (Lipinski definition) is 4. The topological polar surface area (TPSA) is 49.9 Å². The lowest BCUT2D eigenvalue weighted by Crippen LogP contribution is -2.40. The van der Waals surface area contributed by atoms with Crippen molar-refractivity contribution in [3.8, 4) is 0 Å². The maximum atomic E-state index is 13.0. The SMILES string of the molecule is CCOCC(=O)N1C[C@@H](C)[C@@]2(CCN(c3ccsc3)C2=O)C1. The van der Waals surface area contributed by atoms with Crippen LogP contribution in [0.15, 0.2) is 16.8 Å². The van der Waals surface area contributed by atoms with Gasteiger partial charge in [0.2, 0.25) is 11.8 Å². The van der Waals surface area contributed by atoms with Crippen LogP contribution in [0, 0.1) is 11.3 Å². The monoisotopic (exact) mass is 322 g/mol. The number of rotatable bonds is 4. The van der Waals surface area contributed by atoms with E-state index in [9.17, 15) is 9.59 Å². The van der Waals surface area contributed by atoms with Gasteiger partial charge in [0.25, 0.3) is 0 Å². The Morgan fingerprint density at radius 2 is 2.36 bits per heavy atom. The van der Waals surface area contributed by atoms with E-state index in [2.05, 4.69) is 6.92 Å². The first kappa shape index (κ1) is 15.5. The van der Waals surface area contributed by atoms with Crippen LogP contribution in [0.1, 0.15) is 20.3 Å². The van der Waals surface area contributed by atoms with Crippen molar-refractivity contribution in [2.45, 2.75) is 20.3 Å². The fraction of sp³-hybridized carbons (Fsp3) is 0.625. The minimum absolute atomic E-state index is 0.00708. The smallest absolute Gasteiger partial charge is 0.248 e. The molecular weight excluding hydrogens is 300 g/mol. The van der Waals surface area contributed by atoms with Gasteiger partial charge in [-0.05, 0) is 30.7 Å². The third-order valence-corrected chi connectivity index (χ3v) is 5.63. The summed E-state index contributed by atoms with van der Waals surface area (Å²) < 4.78 is 5.22. The zero-order valence-electron chi connectivity index (χ0n) is 13.1. The van der Waals surface area contributed by atoms with Crippen LogP contribution < -0.4 is 4.90 Å². The molecule has 5 nitrogen and oxygen atoms in total. The van der Waals surface area contributed by atoms with Gasteiger partial charge in [-0.25, -0.2) is 0 Å². The highest BCUT2D eigenvalue weighted by Gasteiger charge is 2.56. The molecule has 2 atom stereocenters. The van der Waals surface area contributed by atoms with Crippen molar-refractivity contribution in [1.82, 2.24) is 4.90 Å². The largest absolute Gasteiger partial charge is 0.372 e. The van der Waals surface area contributed by atoms with E-state index in [1.165, 1.54) is 0 Å². The molecule has 0 aliphatic carbocycles. The zero-order chi connectivity index (χ0) is 15.7. The molecule has 22 heavy (non-hydrogen) atoms. The van der Waals surface area contributed by atoms with Crippen molar-refractivity contribution in [3.63, 3.8) is 0 Å². The molecule has 2 fully saturated rings. The zero-order valence-corrected chi connectivity index (χ0v) is 13.9. The molecule has 0 bridgehead atoms. The van der Waals surface area contributed by atoms with Crippen LogP contribution >= 0.6 is 11.3 Å². The number of anilines is 1. The summed E-state index contributed by atoms with van der Waals surface area (Å²) >= 11 is 1.60. The van der Waals surface area contributed by atoms with E-state index >= 15 is 0 Å². The lowest BCUT2D eigenvalue weighted by atomic mass is 9.78. The van der Waals surface area contributed by atoms with Crippen molar-refractivity contribution in [1.29, 1.82) is 0 Å². The molecule has 3 heterocycles. The molecule has 6 heteroatoms. The predicted molar refractivity (Wildman–Crippen MR) is 86.0 cm³/mol. The first-order valence-corrected chi connectivity index (χ1v) is 8.72. The van der Waals surface area contributed by atoms with Crippen LogP contribution in [0.4, 0.5) is 5.69 Å². The minimum atomic E-state index is -0.413. The van der Waals surface area contributed by atoms with Crippen LogP contribution in [0.25, 0.3) is 0 Å². The first-order chi connectivity index (χ1) is 10.6. The number of carbonyl (C=O) groups excluding carboxylic acids is 2. The van der Waals surface area contributed by atoms with E-state index in [0.29, 0.717) is 19.7 Å². The lowest BCUT2D eigenvalue weighted by molar-refractivity contribution is -0.135. The molecule has 1 aromatic heterocycles. The average molecular weight is 322 g/mol. The molecule has 1 spiro atoms. The van der Waals surface area contributed by atoms with Crippen LogP contribution in [0.5, 0.6) is 0 Å². The van der Waals surface area contributed by atoms with Gasteiger partial charge in [-0.15, -0.1) is 0 Å². The average Bonchev–Trinajstić information content (AvgIpc) is 3.20. The van der Waals surface area contributed by atoms with Crippen molar-refractivity contribution in [2.75, 3.05) is 37.7 Å². The molecule has 3 rings (SSSR count). The van der Waals surface area contributed by atoms with Crippen molar-refractivity contribution in [3.05, 3.63) is 16.8 Å². The second kappa shape index (κ2) is 6.01. The fourth-order valence-electron chi connectivity index (χ4n) is 3.59. The number of carbonyl (C=O) groups is 2. The number of likely N-dealkylation sites (tertiary alicyclic amines) is 1. The molecule has 0 N–H and O–H groups in total. The minimum Gasteiger partial charge on any atom is -0.372 e. The Morgan fingerprint density at radius 3 is 3.05 bits per heavy atom. The third kappa shape index (κ3) is 2.44. The standard InChI is InChI=1S/C16H22N2O3S/c1-3-21-9-14(19)17-8-12(2)16(11-17)5-6-18(15(16)20)13-4-7-22-10-13/h4,7,10,12H,3,5-6,8-9,11H2,1-2H3/t12-,16-/m1/s1. The number of amides is 2. The van der Waals surface area contributed by atoms with E-state index in [1.807, 2.05) is 28.7 Å². The Hall–Kier alpha value is -1.40. The van der Waals surface area contributed by atoms with Gasteiger partial charge in [0.1, 0.15) is 6.61 Å². The van der Waals surface area contributed by atoms with Gasteiger partial charge in [-0.1, -0.05) is 6.92 Å². The maximum Gasteiger partial charge on any atom is 0.248 e. The van der Waals surface area contributed by atoms with E-state index in [4.69, 9.17) is 4.74 Å². The maximum absolute atomic E-state index is 13.0. The molecule has 2 aliphatic rings. The van der Waals surface area contributed by atoms with Gasteiger partial charge in [0.05, 0.1) is 11.1 Å². The van der Waals surface area contributed by atoms with Gasteiger partial charge >= 0.3 is 0 Å². The van der Waals surface area contributed by atoms with Crippen molar-refractivity contribution >= 4 is 28.8 Å². The van der Waals surface area contributed by atoms with Crippen LogP contribution in [0.3, 0.4) is 0 Å². The van der Waals surface area contributed by atoms with E-state index in [0.717, 1.165) is 18.7 Å². The molecule has 2 aliphatic heterocycles. The summed E-state index contributed by atoms with van der Waals surface area (Å²) in [6, 6.07) is 1.99. The third-order valence-electron chi connectivity index (χ3n) is 4.96. The Bertz CT molecular complexity index is 560. The van der Waals surface area contributed by atoms with Crippen molar-refractivity contribution in [2.24, 2.45) is 11.3 Å². The molecular formula is C16H22N2O3S. The Kier molecular flexibility index (Phi) is 4.23. The summed E-state index contributed by atoms with van der Waals surface area (Å²) in [6.45, 7) is 6.53. The fourth-order valence-corrected chi connectivity index (χ4v) is 4.23. The van der Waals surface area contributed by atoms with Crippen LogP contribution in [0.2, 0.25) is 0 Å². The summed E-state index contributed by atoms with van der Waals surface area (Å²) in [6.07, 6.45) is 0.821. The van der Waals surface area contributed by atoms with Gasteiger partial charge in [-0.3, -0.25) is 9.59 Å². The highest BCUT2D eigenvalue weighted by molar-refractivity contribution is 7.08. The van der Waals surface area contributed by atoms with Crippen LogP contribution in [-0.4, -0.2) is 49.6 Å². The van der Waals surface area contributed by atoms with E-state index < -0.39 is 5.41 Å². The van der Waals surface area contributed by atoms with E-state index in [1.54, 1.807) is 16.2 Å². The highest BCUT2D eigenvalue weighted by Crippen LogP contribution is 2.46. The quantitative estimate of drug-likeness (QED) is 0.852. The molecule has 120 valence electrons. The highest BCUT2D eigenvalue weighted by atomic mass is 32.1. The summed E-state index contributed by atoms with van der Waals surface area (Å²) in [5, 5.41) is 4.00. The van der Waals surface area contributed by atoms with Gasteiger partial charge < -0.3 is 14.5 Å². The van der Waals surface area contributed by atoms with Gasteiger partial charge in [0.15, 0.2) is 0 Å². The van der Waals surface area contributed by atoms with E-state index in [-0.39, 0.29) is 24.3 Å². The van der Waals surface area contributed by atoms with Crippen LogP contribution in [-0.2, 0) is 14.3 Å². The summed E-state index contributed by atoms with van der Waals surface area (Å²) in [5.41, 5.74) is 0.572. The molecule has 0 unspecified atom stereocenters. The summed E-state index contributed by atoms with van der Waals surface area (Å²) in [4.78, 5) is 28.8. The summed E-state index contributed by atoms with van der Waals surface area (Å²) in [7, 11) is 0. The second-order valence-corrected chi connectivity index (χ2v) is 6.94. The lowest BCUT2D eigenvalue weighted by Gasteiger charge is -2.26. The van der Waals surface area contributed by atoms with Gasteiger partial charge in [0, 0.05) is 31.6 Å². The number of nitrogens with zero attached hydrogens (tertiary/aromatic N) is 2. The molecule has 1 aromatic rings.